The summed E-state index contributed by atoms with van der Waals surface area (Å²) in [5.74, 6) is -0.704. The van der Waals surface area contributed by atoms with Crippen molar-refractivity contribution in [1.82, 2.24) is 4.48 Å². The van der Waals surface area contributed by atoms with Gasteiger partial charge in [0.25, 0.3) is 5.69 Å². The molecule has 0 radical (unpaired) electrons. The van der Waals surface area contributed by atoms with Gasteiger partial charge in [-0.3, -0.25) is 14.6 Å². The Kier molecular flexibility index (Phi) is 7.06. The van der Waals surface area contributed by atoms with Crippen LogP contribution in [-0.2, 0) is 14.9 Å². The Morgan fingerprint density at radius 1 is 1.24 bits per heavy atom. The van der Waals surface area contributed by atoms with Crippen LogP contribution in [0.3, 0.4) is 0 Å². The SMILES string of the molecule is COC(=O)c1ccc([N+](C)(C)C)cc1[N+](=O)[O-].O=S(=O)([O-])C(F)(F)F. The molecule has 13 heteroatoms. The van der Waals surface area contributed by atoms with Crippen LogP contribution in [-0.4, -0.2) is 57.6 Å². The first kappa shape index (κ1) is 22.8. The van der Waals surface area contributed by atoms with E-state index in [1.165, 1.54) is 19.2 Å². The van der Waals surface area contributed by atoms with E-state index in [9.17, 15) is 28.1 Å². The maximum Gasteiger partial charge on any atom is 0.485 e. The van der Waals surface area contributed by atoms with Crippen molar-refractivity contribution < 1.29 is 40.6 Å². The molecule has 142 valence electrons. The summed E-state index contributed by atoms with van der Waals surface area (Å²) in [6, 6.07) is 4.49. The lowest BCUT2D eigenvalue weighted by atomic mass is 10.1. The Hall–Kier alpha value is -2.25. The summed E-state index contributed by atoms with van der Waals surface area (Å²) in [6.07, 6.45) is 0. The lowest BCUT2D eigenvalue weighted by Gasteiger charge is -2.23. The number of hydrogen-bond donors (Lipinski definition) is 0. The second-order valence-corrected chi connectivity index (χ2v) is 6.73. The highest BCUT2D eigenvalue weighted by Crippen LogP contribution is 2.27. The number of carbonyl (C=O) groups excluding carboxylic acids is 1. The van der Waals surface area contributed by atoms with E-state index in [1.807, 2.05) is 21.1 Å². The number of nitro groups is 1. The number of alkyl halides is 3. The molecule has 0 fully saturated rings. The molecule has 1 aromatic carbocycles. The fourth-order valence-electron chi connectivity index (χ4n) is 1.37. The molecular formula is C12H15F3N2O7S. The molecule has 0 aliphatic heterocycles. The zero-order valence-corrected chi connectivity index (χ0v) is 14.3. The number of nitrogens with zero attached hydrogens (tertiary/aromatic N) is 2. The third kappa shape index (κ3) is 6.64. The predicted octanol–water partition coefficient (Wildman–Crippen LogP) is 1.63. The highest BCUT2D eigenvalue weighted by molar-refractivity contribution is 7.86. The minimum atomic E-state index is -6.09. The number of quaternary nitrogens is 1. The molecule has 0 aliphatic rings. The van der Waals surface area contributed by atoms with Gasteiger partial charge in [-0.1, -0.05) is 0 Å². The third-order valence-corrected chi connectivity index (χ3v) is 3.21. The van der Waals surface area contributed by atoms with E-state index in [0.717, 1.165) is 5.69 Å². The van der Waals surface area contributed by atoms with E-state index in [2.05, 4.69) is 4.74 Å². The lowest BCUT2D eigenvalue weighted by molar-refractivity contribution is -0.385. The van der Waals surface area contributed by atoms with E-state index < -0.39 is 26.5 Å². The van der Waals surface area contributed by atoms with Crippen molar-refractivity contribution in [2.24, 2.45) is 0 Å². The molecule has 25 heavy (non-hydrogen) atoms. The van der Waals surface area contributed by atoms with Gasteiger partial charge in [0, 0.05) is 6.07 Å². The van der Waals surface area contributed by atoms with Crippen molar-refractivity contribution in [3.05, 3.63) is 33.9 Å². The molecule has 9 nitrogen and oxygen atoms in total. The molecule has 0 heterocycles. The van der Waals surface area contributed by atoms with E-state index in [4.69, 9.17) is 13.0 Å². The van der Waals surface area contributed by atoms with Crippen molar-refractivity contribution in [2.45, 2.75) is 5.51 Å². The maximum absolute atomic E-state index is 11.4. The van der Waals surface area contributed by atoms with Crippen molar-refractivity contribution >= 4 is 27.5 Å². The van der Waals surface area contributed by atoms with Crippen LogP contribution in [0.25, 0.3) is 0 Å². The number of nitro benzene ring substituents is 1. The largest absolute Gasteiger partial charge is 0.741 e. The van der Waals surface area contributed by atoms with Gasteiger partial charge >= 0.3 is 11.5 Å². The molecule has 0 aromatic heterocycles. The van der Waals surface area contributed by atoms with E-state index in [-0.39, 0.29) is 11.3 Å². The van der Waals surface area contributed by atoms with E-state index in [0.29, 0.717) is 4.48 Å². The number of hydrogen-bond acceptors (Lipinski definition) is 7. The van der Waals surface area contributed by atoms with Crippen LogP contribution in [0.4, 0.5) is 24.5 Å². The molecule has 0 atom stereocenters. The Morgan fingerprint density at radius 3 is 1.96 bits per heavy atom. The zero-order chi connectivity index (χ0) is 20.2. The Bertz CT molecular complexity index is 755. The summed E-state index contributed by atoms with van der Waals surface area (Å²) in [7, 11) is 0.761. The van der Waals surface area contributed by atoms with Gasteiger partial charge in [0.05, 0.1) is 39.2 Å². The smallest absolute Gasteiger partial charge is 0.485 e. The van der Waals surface area contributed by atoms with Crippen LogP contribution in [0.1, 0.15) is 10.4 Å². The van der Waals surface area contributed by atoms with Gasteiger partial charge in [-0.05, 0) is 6.07 Å². The molecule has 0 unspecified atom stereocenters. The molecule has 1 rings (SSSR count). The second-order valence-electron chi connectivity index (χ2n) is 5.36. The van der Waals surface area contributed by atoms with Crippen molar-refractivity contribution in [3.63, 3.8) is 0 Å². The topological polar surface area (TPSA) is 127 Å². The molecule has 0 amide bonds. The highest BCUT2D eigenvalue weighted by Gasteiger charge is 2.36. The first-order chi connectivity index (χ1) is 11.0. The average Bonchev–Trinajstić information content (AvgIpc) is 2.43. The molecule has 0 saturated carbocycles. The number of carbonyl (C=O) groups is 1. The highest BCUT2D eigenvalue weighted by atomic mass is 32.2. The first-order valence-electron chi connectivity index (χ1n) is 6.23. The summed E-state index contributed by atoms with van der Waals surface area (Å²) in [5.41, 5.74) is -5.17. The van der Waals surface area contributed by atoms with Gasteiger partial charge in [-0.25, -0.2) is 13.2 Å². The maximum atomic E-state index is 11.4. The normalized spacial score (nSPS) is 12.0. The number of esters is 1. The zero-order valence-electron chi connectivity index (χ0n) is 13.5. The summed E-state index contributed by atoms with van der Waals surface area (Å²) >= 11 is 0. The van der Waals surface area contributed by atoms with Crippen molar-refractivity contribution in [1.29, 1.82) is 0 Å². The van der Waals surface area contributed by atoms with Crippen LogP contribution in [0.5, 0.6) is 0 Å². The van der Waals surface area contributed by atoms with Gasteiger partial charge in [-0.2, -0.15) is 13.2 Å². The summed E-state index contributed by atoms with van der Waals surface area (Å²) < 4.78 is 63.8. The summed E-state index contributed by atoms with van der Waals surface area (Å²) in [4.78, 5) is 21.7. The number of methoxy groups -OCH3 is 1. The summed E-state index contributed by atoms with van der Waals surface area (Å²) in [6.45, 7) is 0. The van der Waals surface area contributed by atoms with Crippen LogP contribution >= 0.6 is 0 Å². The molecule has 1 aromatic rings. The molecular weight excluding hydrogens is 373 g/mol. The molecule has 0 aliphatic carbocycles. The standard InChI is InChI=1S/C11H15N2O4.CHF3O3S/c1-13(2,3)8-5-6-9(11(14)17-4)10(7-8)12(15)16;2-1(3,4)8(5,6)7/h5-7H,1-4H3;(H,5,6,7)/q+1;/p-1. The molecule has 0 spiro atoms. The summed E-state index contributed by atoms with van der Waals surface area (Å²) in [5, 5.41) is 10.9. The van der Waals surface area contributed by atoms with E-state index >= 15 is 0 Å². The number of benzene rings is 1. The van der Waals surface area contributed by atoms with Crippen LogP contribution in [0.15, 0.2) is 18.2 Å². The van der Waals surface area contributed by atoms with Crippen LogP contribution < -0.4 is 4.48 Å². The van der Waals surface area contributed by atoms with Gasteiger partial charge in [0.15, 0.2) is 10.1 Å². The number of halogens is 3. The van der Waals surface area contributed by atoms with Gasteiger partial charge < -0.3 is 9.29 Å². The monoisotopic (exact) mass is 388 g/mol. The van der Waals surface area contributed by atoms with Gasteiger partial charge in [0.2, 0.25) is 0 Å². The molecule has 0 bridgehead atoms. The fraction of sp³-hybridized carbons (Fsp3) is 0.417. The average molecular weight is 388 g/mol. The molecule has 0 saturated heterocycles. The lowest BCUT2D eigenvalue weighted by Crippen LogP contribution is -2.34. The Morgan fingerprint density at radius 2 is 1.68 bits per heavy atom. The number of rotatable bonds is 3. The minimum Gasteiger partial charge on any atom is -0.741 e. The first-order valence-corrected chi connectivity index (χ1v) is 7.64. The fourth-order valence-corrected chi connectivity index (χ4v) is 1.37. The molecule has 0 N–H and O–H groups in total. The van der Waals surface area contributed by atoms with Gasteiger partial charge in [0.1, 0.15) is 11.3 Å². The second kappa shape index (κ2) is 7.76. The Labute approximate surface area is 141 Å². The van der Waals surface area contributed by atoms with Crippen LogP contribution in [0.2, 0.25) is 0 Å². The quantitative estimate of drug-likeness (QED) is 0.192. The van der Waals surface area contributed by atoms with Crippen LogP contribution in [0, 0.1) is 10.1 Å². The third-order valence-electron chi connectivity index (χ3n) is 2.64. The predicted molar refractivity (Wildman–Crippen MR) is 79.8 cm³/mol. The number of ether oxygens (including phenoxy) is 1. The van der Waals surface area contributed by atoms with Crippen molar-refractivity contribution in [2.75, 3.05) is 28.3 Å². The van der Waals surface area contributed by atoms with Gasteiger partial charge in [-0.15, -0.1) is 0 Å². The van der Waals surface area contributed by atoms with E-state index in [1.54, 1.807) is 6.07 Å². The minimum absolute atomic E-state index is 0.0327. The van der Waals surface area contributed by atoms with Crippen molar-refractivity contribution in [3.8, 4) is 0 Å². The Balaban J connectivity index is 0.000000609.